The fourth-order valence-corrected chi connectivity index (χ4v) is 3.89. The SMILES string of the molecule is COC(=O)c1ccc(COC(=O)c2ccccc2C(=O)Nc2nc(-c3ccccc3)cs2)cc1. The molecule has 0 unspecified atom stereocenters. The zero-order valence-electron chi connectivity index (χ0n) is 18.2. The predicted molar refractivity (Wildman–Crippen MR) is 129 cm³/mol. The standard InChI is InChI=1S/C26H20N2O5S/c1-32-24(30)19-13-11-17(12-14-19)15-33-25(31)21-10-6-5-9-20(21)23(29)28-26-27-22(16-34-26)18-7-3-2-4-8-18/h2-14,16H,15H2,1H3,(H,27,28,29). The van der Waals surface area contributed by atoms with Gasteiger partial charge < -0.3 is 9.47 Å². The van der Waals surface area contributed by atoms with Crippen LogP contribution in [0.1, 0.15) is 36.6 Å². The first kappa shape index (κ1) is 22.9. The molecule has 1 N–H and O–H groups in total. The van der Waals surface area contributed by atoms with E-state index in [1.807, 2.05) is 35.7 Å². The van der Waals surface area contributed by atoms with Crippen molar-refractivity contribution in [1.29, 1.82) is 0 Å². The maximum Gasteiger partial charge on any atom is 0.339 e. The lowest BCUT2D eigenvalue weighted by molar-refractivity contribution is 0.0469. The van der Waals surface area contributed by atoms with Crippen molar-refractivity contribution in [3.8, 4) is 11.3 Å². The van der Waals surface area contributed by atoms with Gasteiger partial charge in [0.2, 0.25) is 0 Å². The molecule has 0 fully saturated rings. The number of hydrogen-bond donors (Lipinski definition) is 1. The van der Waals surface area contributed by atoms with Crippen molar-refractivity contribution in [3.63, 3.8) is 0 Å². The minimum absolute atomic E-state index is 0.0108. The summed E-state index contributed by atoms with van der Waals surface area (Å²) in [5.41, 5.74) is 3.13. The Morgan fingerprint density at radius 1 is 0.853 bits per heavy atom. The van der Waals surface area contributed by atoms with Crippen LogP contribution in [0, 0.1) is 0 Å². The number of anilines is 1. The number of nitrogens with one attached hydrogen (secondary N) is 1. The van der Waals surface area contributed by atoms with Crippen LogP contribution in [0.2, 0.25) is 0 Å². The van der Waals surface area contributed by atoms with E-state index in [1.165, 1.54) is 24.5 Å². The Morgan fingerprint density at radius 3 is 2.24 bits per heavy atom. The Labute approximate surface area is 200 Å². The second-order valence-corrected chi connectivity index (χ2v) is 8.03. The molecule has 170 valence electrons. The van der Waals surface area contributed by atoms with Gasteiger partial charge in [0.05, 0.1) is 29.5 Å². The molecule has 7 nitrogen and oxygen atoms in total. The van der Waals surface area contributed by atoms with E-state index in [-0.39, 0.29) is 17.7 Å². The minimum atomic E-state index is -0.632. The lowest BCUT2D eigenvalue weighted by Gasteiger charge is -2.10. The van der Waals surface area contributed by atoms with E-state index in [0.717, 1.165) is 11.3 Å². The predicted octanol–water partition coefficient (Wildman–Crippen LogP) is 5.21. The number of ether oxygens (including phenoxy) is 2. The zero-order chi connectivity index (χ0) is 23.9. The number of carbonyl (C=O) groups is 3. The maximum atomic E-state index is 12.9. The second-order valence-electron chi connectivity index (χ2n) is 7.17. The third-order valence-corrected chi connectivity index (χ3v) is 5.69. The molecule has 4 rings (SSSR count). The van der Waals surface area contributed by atoms with Gasteiger partial charge in [-0.2, -0.15) is 0 Å². The molecular weight excluding hydrogens is 452 g/mol. The summed E-state index contributed by atoms with van der Waals surface area (Å²) in [6.45, 7) is -0.0108. The Balaban J connectivity index is 1.43. The summed E-state index contributed by atoms with van der Waals surface area (Å²) >= 11 is 1.30. The number of aromatic nitrogens is 1. The fourth-order valence-electron chi connectivity index (χ4n) is 3.18. The summed E-state index contributed by atoms with van der Waals surface area (Å²) in [4.78, 5) is 41.6. The topological polar surface area (TPSA) is 94.6 Å². The summed E-state index contributed by atoms with van der Waals surface area (Å²) < 4.78 is 10.1. The van der Waals surface area contributed by atoms with Crippen LogP contribution in [-0.4, -0.2) is 29.9 Å². The molecule has 34 heavy (non-hydrogen) atoms. The van der Waals surface area contributed by atoms with Crippen molar-refractivity contribution in [2.75, 3.05) is 12.4 Å². The van der Waals surface area contributed by atoms with Crippen LogP contribution < -0.4 is 5.32 Å². The van der Waals surface area contributed by atoms with Gasteiger partial charge in [-0.05, 0) is 29.8 Å². The number of hydrogen-bond acceptors (Lipinski definition) is 7. The van der Waals surface area contributed by atoms with E-state index >= 15 is 0 Å². The number of amides is 1. The van der Waals surface area contributed by atoms with Crippen molar-refractivity contribution < 1.29 is 23.9 Å². The van der Waals surface area contributed by atoms with Gasteiger partial charge in [-0.15, -0.1) is 11.3 Å². The van der Waals surface area contributed by atoms with Crippen molar-refractivity contribution in [1.82, 2.24) is 4.98 Å². The number of rotatable bonds is 7. The molecule has 0 saturated heterocycles. The number of benzene rings is 3. The molecular formula is C26H20N2O5S. The van der Waals surface area contributed by atoms with E-state index in [4.69, 9.17) is 4.74 Å². The average molecular weight is 473 g/mol. The highest BCUT2D eigenvalue weighted by molar-refractivity contribution is 7.14. The van der Waals surface area contributed by atoms with Gasteiger partial charge in [-0.1, -0.05) is 54.6 Å². The molecule has 4 aromatic rings. The van der Waals surface area contributed by atoms with Gasteiger partial charge in [0, 0.05) is 10.9 Å². The van der Waals surface area contributed by atoms with Gasteiger partial charge in [0.15, 0.2) is 5.13 Å². The molecule has 3 aromatic carbocycles. The quantitative estimate of drug-likeness (QED) is 0.371. The summed E-state index contributed by atoms with van der Waals surface area (Å²) in [6.07, 6.45) is 0. The first-order chi connectivity index (χ1) is 16.5. The molecule has 1 amide bonds. The first-order valence-electron chi connectivity index (χ1n) is 10.3. The number of thiazole rings is 1. The molecule has 0 aliphatic rings. The zero-order valence-corrected chi connectivity index (χ0v) is 19.0. The second kappa shape index (κ2) is 10.5. The summed E-state index contributed by atoms with van der Waals surface area (Å²) in [6, 6.07) is 22.6. The van der Waals surface area contributed by atoms with Crippen LogP contribution >= 0.6 is 11.3 Å². The molecule has 0 atom stereocenters. The minimum Gasteiger partial charge on any atom is -0.465 e. The molecule has 1 heterocycles. The first-order valence-corrected chi connectivity index (χ1v) is 11.2. The van der Waals surface area contributed by atoms with Crippen LogP contribution in [0.15, 0.2) is 84.2 Å². The molecule has 0 spiro atoms. The highest BCUT2D eigenvalue weighted by Gasteiger charge is 2.19. The van der Waals surface area contributed by atoms with Crippen molar-refractivity contribution >= 4 is 34.3 Å². The van der Waals surface area contributed by atoms with Crippen molar-refractivity contribution in [2.45, 2.75) is 6.61 Å². The Hall–Kier alpha value is -4.30. The van der Waals surface area contributed by atoms with E-state index in [0.29, 0.717) is 16.3 Å². The highest BCUT2D eigenvalue weighted by atomic mass is 32.1. The lowest BCUT2D eigenvalue weighted by atomic mass is 10.1. The summed E-state index contributed by atoms with van der Waals surface area (Å²) in [7, 11) is 1.31. The number of esters is 2. The number of carbonyl (C=O) groups excluding carboxylic acids is 3. The Kier molecular flexibility index (Phi) is 7.10. The Bertz CT molecular complexity index is 1320. The molecule has 8 heteroatoms. The van der Waals surface area contributed by atoms with Crippen molar-refractivity contribution in [3.05, 3.63) is 106 Å². The van der Waals surface area contributed by atoms with Crippen LogP contribution in [0.5, 0.6) is 0 Å². The molecule has 1 aromatic heterocycles. The van der Waals surface area contributed by atoms with Crippen LogP contribution in [0.4, 0.5) is 5.13 Å². The molecule has 0 radical (unpaired) electrons. The normalized spacial score (nSPS) is 10.4. The molecule has 0 bridgehead atoms. The maximum absolute atomic E-state index is 12.9. The number of methoxy groups -OCH3 is 1. The lowest BCUT2D eigenvalue weighted by Crippen LogP contribution is -2.17. The molecule has 0 aliphatic heterocycles. The largest absolute Gasteiger partial charge is 0.465 e. The van der Waals surface area contributed by atoms with Crippen LogP contribution in [0.3, 0.4) is 0 Å². The van der Waals surface area contributed by atoms with Gasteiger partial charge in [0.25, 0.3) is 5.91 Å². The Morgan fingerprint density at radius 2 is 1.53 bits per heavy atom. The average Bonchev–Trinajstić information content (AvgIpc) is 3.36. The van der Waals surface area contributed by atoms with E-state index in [9.17, 15) is 14.4 Å². The molecule has 0 aliphatic carbocycles. The summed E-state index contributed by atoms with van der Waals surface area (Å²) in [5, 5.41) is 5.04. The van der Waals surface area contributed by atoms with Gasteiger partial charge in [-0.25, -0.2) is 14.6 Å². The van der Waals surface area contributed by atoms with E-state index in [2.05, 4.69) is 15.0 Å². The third kappa shape index (κ3) is 5.36. The van der Waals surface area contributed by atoms with Gasteiger partial charge >= 0.3 is 11.9 Å². The number of nitrogens with zero attached hydrogens (tertiary/aromatic N) is 1. The van der Waals surface area contributed by atoms with Gasteiger partial charge in [0.1, 0.15) is 6.61 Å². The highest BCUT2D eigenvalue weighted by Crippen LogP contribution is 2.25. The van der Waals surface area contributed by atoms with E-state index in [1.54, 1.807) is 42.5 Å². The smallest absolute Gasteiger partial charge is 0.339 e. The monoisotopic (exact) mass is 472 g/mol. The molecule has 0 saturated carbocycles. The summed E-state index contributed by atoms with van der Waals surface area (Å²) in [5.74, 6) is -1.53. The van der Waals surface area contributed by atoms with Gasteiger partial charge in [-0.3, -0.25) is 10.1 Å². The fraction of sp³-hybridized carbons (Fsp3) is 0.0769. The van der Waals surface area contributed by atoms with Crippen LogP contribution in [-0.2, 0) is 16.1 Å². The van der Waals surface area contributed by atoms with E-state index < -0.39 is 17.8 Å². The third-order valence-electron chi connectivity index (χ3n) is 4.93. The van der Waals surface area contributed by atoms with Crippen molar-refractivity contribution in [2.24, 2.45) is 0 Å². The van der Waals surface area contributed by atoms with Crippen LogP contribution in [0.25, 0.3) is 11.3 Å².